The lowest BCUT2D eigenvalue weighted by Crippen LogP contribution is -2.47. The van der Waals surface area contributed by atoms with E-state index in [1.54, 1.807) is 11.3 Å². The van der Waals surface area contributed by atoms with Crippen molar-refractivity contribution in [3.63, 3.8) is 0 Å². The first-order valence-corrected chi connectivity index (χ1v) is 7.60. The highest BCUT2D eigenvalue weighted by Crippen LogP contribution is 2.33. The number of thiazole rings is 1. The largest absolute Gasteiger partial charge is 0.481 e. The van der Waals surface area contributed by atoms with Crippen molar-refractivity contribution in [2.75, 3.05) is 13.1 Å². The maximum absolute atomic E-state index is 11.6. The molecule has 0 radical (unpaired) electrons. The van der Waals surface area contributed by atoms with Crippen LogP contribution in [0.5, 0.6) is 0 Å². The van der Waals surface area contributed by atoms with Gasteiger partial charge in [0.05, 0.1) is 16.1 Å². The van der Waals surface area contributed by atoms with Crippen LogP contribution in [0.1, 0.15) is 44.3 Å². The number of carboxylic acid groups (broad SMARTS) is 1. The molecule has 5 heteroatoms. The zero-order chi connectivity index (χ0) is 14.1. The number of piperidine rings is 1. The second-order valence-electron chi connectivity index (χ2n) is 6.42. The molecule has 1 unspecified atom stereocenters. The summed E-state index contributed by atoms with van der Waals surface area (Å²) < 4.78 is 0. The molecule has 2 heterocycles. The first-order valence-electron chi connectivity index (χ1n) is 6.72. The van der Waals surface area contributed by atoms with Crippen LogP contribution in [-0.2, 0) is 16.6 Å². The molecule has 1 aliphatic heterocycles. The van der Waals surface area contributed by atoms with Gasteiger partial charge < -0.3 is 10.4 Å². The molecule has 4 nitrogen and oxygen atoms in total. The summed E-state index contributed by atoms with van der Waals surface area (Å²) in [5.74, 6) is -0.702. The normalized spacial score (nSPS) is 24.4. The third-order valence-electron chi connectivity index (χ3n) is 3.74. The summed E-state index contributed by atoms with van der Waals surface area (Å²) in [4.78, 5) is 16.3. The minimum Gasteiger partial charge on any atom is -0.481 e. The third kappa shape index (κ3) is 3.15. The molecule has 106 valence electrons. The van der Waals surface area contributed by atoms with Crippen molar-refractivity contribution in [3.8, 4) is 0 Å². The molecule has 0 spiro atoms. The molecule has 0 saturated carbocycles. The van der Waals surface area contributed by atoms with Gasteiger partial charge in [-0.3, -0.25) is 4.79 Å². The number of nitrogens with one attached hydrogen (secondary N) is 1. The summed E-state index contributed by atoms with van der Waals surface area (Å²) in [6, 6.07) is 0. The third-order valence-corrected chi connectivity index (χ3v) is 4.58. The lowest BCUT2D eigenvalue weighted by molar-refractivity contribution is -0.150. The summed E-state index contributed by atoms with van der Waals surface area (Å²) in [6.07, 6.45) is 2.19. The molecule has 0 amide bonds. The number of carbonyl (C=O) groups is 1. The van der Waals surface area contributed by atoms with Gasteiger partial charge in [0, 0.05) is 23.8 Å². The van der Waals surface area contributed by atoms with Crippen molar-refractivity contribution in [3.05, 3.63) is 16.1 Å². The lowest BCUT2D eigenvalue weighted by Gasteiger charge is -2.33. The Morgan fingerprint density at radius 3 is 2.79 bits per heavy atom. The highest BCUT2D eigenvalue weighted by molar-refractivity contribution is 7.09. The zero-order valence-electron chi connectivity index (χ0n) is 11.8. The van der Waals surface area contributed by atoms with Gasteiger partial charge in [-0.05, 0) is 19.4 Å². The van der Waals surface area contributed by atoms with E-state index < -0.39 is 11.4 Å². The monoisotopic (exact) mass is 282 g/mol. The Bertz CT molecular complexity index is 456. The number of hydrogen-bond acceptors (Lipinski definition) is 4. The van der Waals surface area contributed by atoms with E-state index in [0.29, 0.717) is 13.0 Å². The Morgan fingerprint density at radius 1 is 1.58 bits per heavy atom. The van der Waals surface area contributed by atoms with Gasteiger partial charge in [0.25, 0.3) is 0 Å². The highest BCUT2D eigenvalue weighted by Gasteiger charge is 2.40. The summed E-state index contributed by atoms with van der Waals surface area (Å²) in [6.45, 7) is 7.84. The van der Waals surface area contributed by atoms with Crippen LogP contribution in [0.25, 0.3) is 0 Å². The SMILES string of the molecule is CC(C)(C)c1csc(CC2(C(=O)O)CCCNC2)n1. The fraction of sp³-hybridized carbons (Fsp3) is 0.714. The fourth-order valence-corrected chi connectivity index (χ4v) is 3.57. The smallest absolute Gasteiger partial charge is 0.311 e. The Kier molecular flexibility index (Phi) is 3.97. The topological polar surface area (TPSA) is 62.2 Å². The van der Waals surface area contributed by atoms with Crippen LogP contribution in [0.3, 0.4) is 0 Å². The molecule has 1 aromatic heterocycles. The number of aromatic nitrogens is 1. The molecular formula is C14H22N2O2S. The predicted molar refractivity (Wildman–Crippen MR) is 76.7 cm³/mol. The van der Waals surface area contributed by atoms with E-state index >= 15 is 0 Å². The highest BCUT2D eigenvalue weighted by atomic mass is 32.1. The maximum Gasteiger partial charge on any atom is 0.311 e. The standard InChI is InChI=1S/C14H22N2O2S/c1-13(2,3)10-8-19-11(16-10)7-14(12(17)18)5-4-6-15-9-14/h8,15H,4-7,9H2,1-3H3,(H,17,18). The van der Waals surface area contributed by atoms with Gasteiger partial charge in [-0.15, -0.1) is 11.3 Å². The molecule has 1 saturated heterocycles. The second-order valence-corrected chi connectivity index (χ2v) is 7.36. The van der Waals surface area contributed by atoms with Crippen LogP contribution in [0.4, 0.5) is 0 Å². The molecular weight excluding hydrogens is 260 g/mol. The van der Waals surface area contributed by atoms with Gasteiger partial charge in [-0.1, -0.05) is 20.8 Å². The van der Waals surface area contributed by atoms with E-state index in [0.717, 1.165) is 30.1 Å². The molecule has 1 fully saturated rings. The molecule has 19 heavy (non-hydrogen) atoms. The average Bonchev–Trinajstić information content (AvgIpc) is 2.78. The molecule has 1 atom stereocenters. The number of hydrogen-bond donors (Lipinski definition) is 2. The van der Waals surface area contributed by atoms with Gasteiger partial charge in [0.1, 0.15) is 0 Å². The summed E-state index contributed by atoms with van der Waals surface area (Å²) in [7, 11) is 0. The molecule has 0 bridgehead atoms. The van der Waals surface area contributed by atoms with Gasteiger partial charge in [0.2, 0.25) is 0 Å². The molecule has 2 N–H and O–H groups in total. The van der Waals surface area contributed by atoms with Gasteiger partial charge in [0.15, 0.2) is 0 Å². The quantitative estimate of drug-likeness (QED) is 0.894. The van der Waals surface area contributed by atoms with E-state index in [2.05, 4.69) is 36.5 Å². The Labute approximate surface area is 118 Å². The molecule has 1 aliphatic rings. The maximum atomic E-state index is 11.6. The van der Waals surface area contributed by atoms with Crippen molar-refractivity contribution >= 4 is 17.3 Å². The number of nitrogens with zero attached hydrogens (tertiary/aromatic N) is 1. The Balaban J connectivity index is 2.18. The Hall–Kier alpha value is -0.940. The van der Waals surface area contributed by atoms with Gasteiger partial charge >= 0.3 is 5.97 Å². The van der Waals surface area contributed by atoms with Crippen LogP contribution in [0, 0.1) is 5.41 Å². The van der Waals surface area contributed by atoms with E-state index in [1.807, 2.05) is 0 Å². The van der Waals surface area contributed by atoms with Crippen LogP contribution in [0.2, 0.25) is 0 Å². The van der Waals surface area contributed by atoms with E-state index in [4.69, 9.17) is 0 Å². The van der Waals surface area contributed by atoms with Crippen molar-refractivity contribution in [2.24, 2.45) is 5.41 Å². The van der Waals surface area contributed by atoms with E-state index in [-0.39, 0.29) is 5.41 Å². The first kappa shape index (κ1) is 14.5. The first-order chi connectivity index (χ1) is 8.83. The zero-order valence-corrected chi connectivity index (χ0v) is 12.6. The lowest BCUT2D eigenvalue weighted by atomic mass is 9.78. The van der Waals surface area contributed by atoms with Crippen molar-refractivity contribution < 1.29 is 9.90 Å². The number of carboxylic acids is 1. The predicted octanol–water partition coefficient (Wildman–Crippen LogP) is 2.44. The van der Waals surface area contributed by atoms with Crippen LogP contribution >= 0.6 is 11.3 Å². The minimum atomic E-state index is -0.702. The van der Waals surface area contributed by atoms with Crippen LogP contribution < -0.4 is 5.32 Å². The minimum absolute atomic E-state index is 0.0238. The van der Waals surface area contributed by atoms with Crippen molar-refractivity contribution in [1.82, 2.24) is 10.3 Å². The summed E-state index contributed by atoms with van der Waals surface area (Å²) in [5, 5.41) is 15.8. The molecule has 1 aromatic rings. The van der Waals surface area contributed by atoms with E-state index in [9.17, 15) is 9.90 Å². The van der Waals surface area contributed by atoms with Gasteiger partial charge in [-0.25, -0.2) is 4.98 Å². The average molecular weight is 282 g/mol. The van der Waals surface area contributed by atoms with Crippen LogP contribution in [-0.4, -0.2) is 29.1 Å². The fourth-order valence-electron chi connectivity index (χ4n) is 2.40. The summed E-state index contributed by atoms with van der Waals surface area (Å²) >= 11 is 1.58. The molecule has 0 aromatic carbocycles. The number of rotatable bonds is 3. The van der Waals surface area contributed by atoms with Crippen molar-refractivity contribution in [2.45, 2.75) is 45.4 Å². The van der Waals surface area contributed by atoms with Gasteiger partial charge in [-0.2, -0.15) is 0 Å². The number of aliphatic carboxylic acids is 1. The molecule has 0 aliphatic carbocycles. The Morgan fingerprint density at radius 2 is 2.32 bits per heavy atom. The van der Waals surface area contributed by atoms with Crippen LogP contribution in [0.15, 0.2) is 5.38 Å². The van der Waals surface area contributed by atoms with Crippen molar-refractivity contribution in [1.29, 1.82) is 0 Å². The second kappa shape index (κ2) is 5.21. The van der Waals surface area contributed by atoms with E-state index in [1.165, 1.54) is 0 Å². The summed E-state index contributed by atoms with van der Waals surface area (Å²) in [5.41, 5.74) is 0.401. The molecule has 2 rings (SSSR count).